The molecule has 3 nitrogen and oxygen atoms in total. The first-order valence-electron chi connectivity index (χ1n) is 8.40. The zero-order valence-electron chi connectivity index (χ0n) is 13.9. The van der Waals surface area contributed by atoms with E-state index >= 15 is 0 Å². The number of aromatic nitrogens is 1. The van der Waals surface area contributed by atoms with Gasteiger partial charge in [0, 0.05) is 18.1 Å². The van der Waals surface area contributed by atoms with Gasteiger partial charge < -0.3 is 4.74 Å². The second-order valence-corrected chi connectivity index (χ2v) is 6.38. The summed E-state index contributed by atoms with van der Waals surface area (Å²) in [5.74, 6) is 1.48. The minimum absolute atomic E-state index is 0.539. The molecule has 1 saturated heterocycles. The molecule has 0 spiro atoms. The molecule has 0 saturated carbocycles. The Morgan fingerprint density at radius 1 is 1.27 bits per heavy atom. The molecule has 0 bridgehead atoms. The molecule has 1 aromatic carbocycles. The molecule has 3 heteroatoms. The van der Waals surface area contributed by atoms with E-state index in [0.29, 0.717) is 5.92 Å². The highest BCUT2D eigenvalue weighted by atomic mass is 16.5. The highest BCUT2D eigenvalue weighted by molar-refractivity contribution is 5.87. The number of ether oxygens (including phenoxy) is 1. The van der Waals surface area contributed by atoms with Crippen LogP contribution in [0.3, 0.4) is 0 Å². The van der Waals surface area contributed by atoms with E-state index in [2.05, 4.69) is 36.9 Å². The van der Waals surface area contributed by atoms with Crippen molar-refractivity contribution in [1.82, 2.24) is 9.88 Å². The lowest BCUT2D eigenvalue weighted by Crippen LogP contribution is -2.18. The zero-order chi connectivity index (χ0) is 15.5. The van der Waals surface area contributed by atoms with E-state index in [0.717, 1.165) is 24.2 Å². The Morgan fingerprint density at radius 3 is 2.73 bits per heavy atom. The summed E-state index contributed by atoms with van der Waals surface area (Å²) in [6.45, 7) is 7.90. The fourth-order valence-corrected chi connectivity index (χ4v) is 3.39. The minimum atomic E-state index is 0.539. The lowest BCUT2D eigenvalue weighted by molar-refractivity contribution is 0.331. The Hall–Kier alpha value is -1.61. The van der Waals surface area contributed by atoms with Crippen molar-refractivity contribution < 1.29 is 4.74 Å². The zero-order valence-corrected chi connectivity index (χ0v) is 13.9. The SMILES string of the molecule is CCC(C)c1ccnc2c(CN3CCCC3)cc(OC)cc12. The monoisotopic (exact) mass is 298 g/mol. The number of methoxy groups -OCH3 is 1. The number of hydrogen-bond acceptors (Lipinski definition) is 3. The summed E-state index contributed by atoms with van der Waals surface area (Å²) >= 11 is 0. The molecule has 1 aromatic heterocycles. The largest absolute Gasteiger partial charge is 0.497 e. The summed E-state index contributed by atoms with van der Waals surface area (Å²) in [6.07, 6.45) is 5.72. The number of benzene rings is 1. The Morgan fingerprint density at radius 2 is 2.05 bits per heavy atom. The number of fused-ring (bicyclic) bond motifs is 1. The molecule has 0 radical (unpaired) electrons. The van der Waals surface area contributed by atoms with Crippen molar-refractivity contribution in [3.8, 4) is 5.75 Å². The van der Waals surface area contributed by atoms with Gasteiger partial charge in [-0.3, -0.25) is 9.88 Å². The Balaban J connectivity index is 2.09. The van der Waals surface area contributed by atoms with E-state index in [1.165, 1.54) is 42.4 Å². The molecule has 1 aliphatic rings. The Kier molecular flexibility index (Phi) is 4.63. The van der Waals surface area contributed by atoms with Crippen molar-refractivity contribution in [2.45, 2.75) is 45.6 Å². The molecular weight excluding hydrogens is 272 g/mol. The molecular formula is C19H26N2O. The Bertz CT molecular complexity index is 647. The van der Waals surface area contributed by atoms with Crippen LogP contribution < -0.4 is 4.74 Å². The van der Waals surface area contributed by atoms with Gasteiger partial charge in [-0.05, 0) is 67.6 Å². The highest BCUT2D eigenvalue weighted by Crippen LogP contribution is 2.32. The number of likely N-dealkylation sites (tertiary alicyclic amines) is 1. The van der Waals surface area contributed by atoms with Gasteiger partial charge in [0.15, 0.2) is 0 Å². The topological polar surface area (TPSA) is 25.4 Å². The van der Waals surface area contributed by atoms with Crippen LogP contribution >= 0.6 is 0 Å². The van der Waals surface area contributed by atoms with Crippen molar-refractivity contribution in [3.05, 3.63) is 35.5 Å². The van der Waals surface area contributed by atoms with Crippen LogP contribution in [0.25, 0.3) is 10.9 Å². The summed E-state index contributed by atoms with van der Waals surface area (Å²) < 4.78 is 5.55. The first-order valence-corrected chi connectivity index (χ1v) is 8.40. The first kappa shape index (κ1) is 15.3. The van der Waals surface area contributed by atoms with E-state index in [1.54, 1.807) is 7.11 Å². The predicted octanol–water partition coefficient (Wildman–Crippen LogP) is 4.35. The van der Waals surface area contributed by atoms with Crippen LogP contribution in [0.1, 0.15) is 50.2 Å². The van der Waals surface area contributed by atoms with Gasteiger partial charge in [-0.15, -0.1) is 0 Å². The second kappa shape index (κ2) is 6.66. The standard InChI is InChI=1S/C19H26N2O/c1-4-14(2)17-7-8-20-19-15(13-21-9-5-6-10-21)11-16(22-3)12-18(17)19/h7-8,11-12,14H,4-6,9-10,13H2,1-3H3. The van der Waals surface area contributed by atoms with E-state index in [4.69, 9.17) is 9.72 Å². The number of rotatable bonds is 5. The summed E-state index contributed by atoms with van der Waals surface area (Å²) in [5.41, 5.74) is 3.82. The summed E-state index contributed by atoms with van der Waals surface area (Å²) in [6, 6.07) is 6.47. The second-order valence-electron chi connectivity index (χ2n) is 6.38. The lowest BCUT2D eigenvalue weighted by atomic mass is 9.94. The molecule has 1 unspecified atom stereocenters. The van der Waals surface area contributed by atoms with Crippen molar-refractivity contribution in [1.29, 1.82) is 0 Å². The van der Waals surface area contributed by atoms with Gasteiger partial charge in [-0.25, -0.2) is 0 Å². The van der Waals surface area contributed by atoms with Crippen LogP contribution in [0.5, 0.6) is 5.75 Å². The third-order valence-corrected chi connectivity index (χ3v) is 4.90. The molecule has 0 N–H and O–H groups in total. The quantitative estimate of drug-likeness (QED) is 0.820. The molecule has 1 fully saturated rings. The van der Waals surface area contributed by atoms with Gasteiger partial charge in [0.2, 0.25) is 0 Å². The van der Waals surface area contributed by atoms with Gasteiger partial charge in [0.1, 0.15) is 5.75 Å². The van der Waals surface area contributed by atoms with Crippen LogP contribution in [-0.4, -0.2) is 30.1 Å². The molecule has 1 aliphatic heterocycles. The molecule has 3 rings (SSSR count). The number of nitrogens with zero attached hydrogens (tertiary/aromatic N) is 2. The fraction of sp³-hybridized carbons (Fsp3) is 0.526. The van der Waals surface area contributed by atoms with Gasteiger partial charge in [-0.2, -0.15) is 0 Å². The average Bonchev–Trinajstić information content (AvgIpc) is 3.06. The van der Waals surface area contributed by atoms with Crippen LogP contribution in [0.15, 0.2) is 24.4 Å². The normalized spacial score (nSPS) is 17.0. The molecule has 1 atom stereocenters. The van der Waals surface area contributed by atoms with Crippen molar-refractivity contribution >= 4 is 10.9 Å². The summed E-state index contributed by atoms with van der Waals surface area (Å²) in [4.78, 5) is 7.21. The number of pyridine rings is 1. The van der Waals surface area contributed by atoms with Crippen LogP contribution in [0.4, 0.5) is 0 Å². The summed E-state index contributed by atoms with van der Waals surface area (Å²) in [5, 5.41) is 1.25. The van der Waals surface area contributed by atoms with E-state index < -0.39 is 0 Å². The lowest BCUT2D eigenvalue weighted by Gasteiger charge is -2.19. The fourth-order valence-electron chi connectivity index (χ4n) is 3.39. The van der Waals surface area contributed by atoms with Crippen molar-refractivity contribution in [3.63, 3.8) is 0 Å². The third-order valence-electron chi connectivity index (χ3n) is 4.90. The maximum absolute atomic E-state index is 5.55. The van der Waals surface area contributed by atoms with Gasteiger partial charge >= 0.3 is 0 Å². The van der Waals surface area contributed by atoms with E-state index in [9.17, 15) is 0 Å². The molecule has 22 heavy (non-hydrogen) atoms. The highest BCUT2D eigenvalue weighted by Gasteiger charge is 2.17. The molecule has 118 valence electrons. The van der Waals surface area contributed by atoms with Gasteiger partial charge in [0.05, 0.1) is 12.6 Å². The maximum atomic E-state index is 5.55. The minimum Gasteiger partial charge on any atom is -0.497 e. The number of hydrogen-bond donors (Lipinski definition) is 0. The van der Waals surface area contributed by atoms with Gasteiger partial charge in [-0.1, -0.05) is 13.8 Å². The molecule has 2 heterocycles. The maximum Gasteiger partial charge on any atom is 0.119 e. The summed E-state index contributed by atoms with van der Waals surface area (Å²) in [7, 11) is 1.75. The van der Waals surface area contributed by atoms with Gasteiger partial charge in [0.25, 0.3) is 0 Å². The average molecular weight is 298 g/mol. The van der Waals surface area contributed by atoms with Crippen LogP contribution in [-0.2, 0) is 6.54 Å². The van der Waals surface area contributed by atoms with E-state index in [1.807, 2.05) is 6.20 Å². The predicted molar refractivity (Wildman–Crippen MR) is 91.5 cm³/mol. The van der Waals surface area contributed by atoms with Crippen LogP contribution in [0, 0.1) is 0 Å². The molecule has 0 amide bonds. The Labute approximate surface area is 133 Å². The smallest absolute Gasteiger partial charge is 0.119 e. The first-order chi connectivity index (χ1) is 10.7. The van der Waals surface area contributed by atoms with Crippen LogP contribution in [0.2, 0.25) is 0 Å². The molecule has 0 aliphatic carbocycles. The third kappa shape index (κ3) is 2.95. The van der Waals surface area contributed by atoms with Crippen molar-refractivity contribution in [2.24, 2.45) is 0 Å². The molecule has 2 aromatic rings. The van der Waals surface area contributed by atoms with E-state index in [-0.39, 0.29) is 0 Å². The van der Waals surface area contributed by atoms with Crippen molar-refractivity contribution in [2.75, 3.05) is 20.2 Å².